The quantitative estimate of drug-likeness (QED) is 0.873. The van der Waals surface area contributed by atoms with Gasteiger partial charge < -0.3 is 9.73 Å². The average molecular weight is 288 g/mol. The molecule has 1 N–H and O–H groups in total. The van der Waals surface area contributed by atoms with E-state index in [0.717, 1.165) is 18.5 Å². The van der Waals surface area contributed by atoms with Gasteiger partial charge in [-0.3, -0.25) is 0 Å². The molecular formula is C13H12F4N2O. The largest absolute Gasteiger partial charge is 0.443 e. The summed E-state index contributed by atoms with van der Waals surface area (Å²) in [6, 6.07) is 2.20. The lowest BCUT2D eigenvalue weighted by molar-refractivity contribution is -0.137. The van der Waals surface area contributed by atoms with Crippen LogP contribution in [0.15, 0.2) is 29.0 Å². The van der Waals surface area contributed by atoms with Crippen LogP contribution in [-0.4, -0.2) is 11.5 Å². The van der Waals surface area contributed by atoms with Gasteiger partial charge in [0.05, 0.1) is 11.1 Å². The molecule has 0 saturated heterocycles. The summed E-state index contributed by atoms with van der Waals surface area (Å²) in [6.07, 6.45) is -3.45. The molecule has 1 heterocycles. The first-order valence-corrected chi connectivity index (χ1v) is 5.93. The zero-order chi connectivity index (χ0) is 14.8. The molecule has 7 heteroatoms. The molecule has 1 aromatic carbocycles. The maximum Gasteiger partial charge on any atom is 0.416 e. The highest BCUT2D eigenvalue weighted by Crippen LogP contribution is 2.34. The second-order valence-electron chi connectivity index (χ2n) is 4.10. The topological polar surface area (TPSA) is 38.1 Å². The first-order valence-electron chi connectivity index (χ1n) is 5.93. The monoisotopic (exact) mass is 288 g/mol. The minimum Gasteiger partial charge on any atom is -0.443 e. The number of nitrogens with one attached hydrogen (secondary N) is 1. The van der Waals surface area contributed by atoms with Crippen LogP contribution in [0.5, 0.6) is 0 Å². The number of halogens is 4. The van der Waals surface area contributed by atoms with Crippen LogP contribution in [0.25, 0.3) is 11.3 Å². The Kier molecular flexibility index (Phi) is 4.08. The van der Waals surface area contributed by atoms with Crippen LogP contribution in [-0.2, 0) is 12.7 Å². The Morgan fingerprint density at radius 3 is 2.70 bits per heavy atom. The number of hydrogen-bond donors (Lipinski definition) is 1. The predicted molar refractivity (Wildman–Crippen MR) is 64.3 cm³/mol. The van der Waals surface area contributed by atoms with Crippen molar-refractivity contribution in [3.05, 3.63) is 41.7 Å². The Morgan fingerprint density at radius 1 is 1.30 bits per heavy atom. The van der Waals surface area contributed by atoms with Crippen molar-refractivity contribution >= 4 is 0 Å². The number of nitrogens with zero attached hydrogens (tertiary/aromatic N) is 1. The summed E-state index contributed by atoms with van der Waals surface area (Å²) >= 11 is 0. The molecule has 0 saturated carbocycles. The molecule has 20 heavy (non-hydrogen) atoms. The van der Waals surface area contributed by atoms with Gasteiger partial charge in [0, 0.05) is 6.54 Å². The Hall–Kier alpha value is -1.89. The second-order valence-corrected chi connectivity index (χ2v) is 4.10. The summed E-state index contributed by atoms with van der Waals surface area (Å²) in [5, 5.41) is 2.96. The first-order chi connectivity index (χ1) is 9.43. The van der Waals surface area contributed by atoms with Gasteiger partial charge in [0.1, 0.15) is 11.5 Å². The molecule has 0 aliphatic carbocycles. The molecule has 0 aliphatic rings. The summed E-state index contributed by atoms with van der Waals surface area (Å²) in [7, 11) is 0. The number of rotatable bonds is 4. The Balaban J connectivity index is 2.44. The molecule has 0 fully saturated rings. The van der Waals surface area contributed by atoms with Crippen molar-refractivity contribution in [3.63, 3.8) is 0 Å². The molecule has 1 aromatic heterocycles. The number of aromatic nitrogens is 1. The standard InChI is InChI=1S/C13H12F4N2O/c1-2-18-6-11-12(20-7-19-11)9-5-8(13(15,16)17)3-4-10(9)14/h3-5,7,18H,2,6H2,1H3. The second kappa shape index (κ2) is 5.62. The Labute approximate surface area is 112 Å². The van der Waals surface area contributed by atoms with E-state index in [0.29, 0.717) is 18.3 Å². The molecule has 0 radical (unpaired) electrons. The van der Waals surface area contributed by atoms with E-state index in [9.17, 15) is 17.6 Å². The number of benzene rings is 1. The summed E-state index contributed by atoms with van der Waals surface area (Å²) in [6.45, 7) is 2.81. The van der Waals surface area contributed by atoms with E-state index >= 15 is 0 Å². The highest BCUT2D eigenvalue weighted by molar-refractivity contribution is 5.61. The van der Waals surface area contributed by atoms with Crippen molar-refractivity contribution in [2.75, 3.05) is 6.54 Å². The Bertz CT molecular complexity index is 592. The van der Waals surface area contributed by atoms with Crippen LogP contribution in [0.1, 0.15) is 18.2 Å². The molecular weight excluding hydrogens is 276 g/mol. The highest BCUT2D eigenvalue weighted by Gasteiger charge is 2.31. The van der Waals surface area contributed by atoms with Crippen molar-refractivity contribution < 1.29 is 22.0 Å². The van der Waals surface area contributed by atoms with Gasteiger partial charge in [0.25, 0.3) is 0 Å². The lowest BCUT2D eigenvalue weighted by Gasteiger charge is -2.09. The van der Waals surface area contributed by atoms with Crippen molar-refractivity contribution in [2.45, 2.75) is 19.6 Å². The number of alkyl halides is 3. The first kappa shape index (κ1) is 14.5. The molecule has 0 unspecified atom stereocenters. The lowest BCUT2D eigenvalue weighted by atomic mass is 10.1. The van der Waals surface area contributed by atoms with Crippen LogP contribution in [0.4, 0.5) is 17.6 Å². The maximum absolute atomic E-state index is 13.7. The van der Waals surface area contributed by atoms with Crippen LogP contribution < -0.4 is 5.32 Å². The average Bonchev–Trinajstić information content (AvgIpc) is 2.83. The van der Waals surface area contributed by atoms with Gasteiger partial charge in [-0.05, 0) is 24.7 Å². The van der Waals surface area contributed by atoms with Crippen LogP contribution >= 0.6 is 0 Å². The van der Waals surface area contributed by atoms with E-state index in [1.807, 2.05) is 6.92 Å². The zero-order valence-corrected chi connectivity index (χ0v) is 10.6. The summed E-state index contributed by atoms with van der Waals surface area (Å²) < 4.78 is 56.8. The van der Waals surface area contributed by atoms with E-state index in [4.69, 9.17) is 4.42 Å². The van der Waals surface area contributed by atoms with Gasteiger partial charge in [0.2, 0.25) is 0 Å². The van der Waals surface area contributed by atoms with Crippen molar-refractivity contribution in [1.82, 2.24) is 10.3 Å². The fourth-order valence-corrected chi connectivity index (χ4v) is 1.73. The molecule has 0 aliphatic heterocycles. The van der Waals surface area contributed by atoms with Gasteiger partial charge in [-0.2, -0.15) is 13.2 Å². The molecule has 0 bridgehead atoms. The van der Waals surface area contributed by atoms with E-state index in [1.165, 1.54) is 0 Å². The van der Waals surface area contributed by atoms with Crippen molar-refractivity contribution in [2.24, 2.45) is 0 Å². The summed E-state index contributed by atoms with van der Waals surface area (Å²) in [4.78, 5) is 3.89. The normalized spacial score (nSPS) is 11.8. The fraction of sp³-hybridized carbons (Fsp3) is 0.308. The minimum absolute atomic E-state index is 0.00884. The summed E-state index contributed by atoms with van der Waals surface area (Å²) in [5.74, 6) is -0.776. The SMILES string of the molecule is CCNCc1ncoc1-c1cc(C(F)(F)F)ccc1F. The minimum atomic E-state index is -4.54. The number of hydrogen-bond acceptors (Lipinski definition) is 3. The molecule has 2 rings (SSSR count). The van der Waals surface area contributed by atoms with Crippen molar-refractivity contribution in [3.8, 4) is 11.3 Å². The summed E-state index contributed by atoms with van der Waals surface area (Å²) in [5.41, 5.74) is -0.810. The number of oxazole rings is 1. The van der Waals surface area contributed by atoms with Gasteiger partial charge >= 0.3 is 6.18 Å². The molecule has 3 nitrogen and oxygen atoms in total. The smallest absolute Gasteiger partial charge is 0.416 e. The molecule has 2 aromatic rings. The van der Waals surface area contributed by atoms with E-state index < -0.39 is 17.6 Å². The van der Waals surface area contributed by atoms with Gasteiger partial charge in [-0.15, -0.1) is 0 Å². The fourth-order valence-electron chi connectivity index (χ4n) is 1.73. The van der Waals surface area contributed by atoms with Crippen LogP contribution in [0.3, 0.4) is 0 Å². The third-order valence-electron chi connectivity index (χ3n) is 2.72. The van der Waals surface area contributed by atoms with Crippen LogP contribution in [0.2, 0.25) is 0 Å². The van der Waals surface area contributed by atoms with Crippen LogP contribution in [0, 0.1) is 5.82 Å². The van der Waals surface area contributed by atoms with E-state index in [1.54, 1.807) is 0 Å². The zero-order valence-electron chi connectivity index (χ0n) is 10.6. The maximum atomic E-state index is 13.7. The van der Waals surface area contributed by atoms with Gasteiger partial charge in [-0.1, -0.05) is 6.92 Å². The molecule has 108 valence electrons. The third-order valence-corrected chi connectivity index (χ3v) is 2.72. The highest BCUT2D eigenvalue weighted by atomic mass is 19.4. The van der Waals surface area contributed by atoms with Gasteiger partial charge in [0.15, 0.2) is 12.2 Å². The Morgan fingerprint density at radius 2 is 2.05 bits per heavy atom. The van der Waals surface area contributed by atoms with E-state index in [-0.39, 0.29) is 17.9 Å². The lowest BCUT2D eigenvalue weighted by Crippen LogP contribution is -2.13. The van der Waals surface area contributed by atoms with Crippen molar-refractivity contribution in [1.29, 1.82) is 0 Å². The molecule has 0 atom stereocenters. The molecule has 0 amide bonds. The van der Waals surface area contributed by atoms with E-state index in [2.05, 4.69) is 10.3 Å². The predicted octanol–water partition coefficient (Wildman–Crippen LogP) is 3.61. The van der Waals surface area contributed by atoms with Gasteiger partial charge in [-0.25, -0.2) is 9.37 Å². The third kappa shape index (κ3) is 2.98. The molecule has 0 spiro atoms.